The van der Waals surface area contributed by atoms with Crippen molar-refractivity contribution < 1.29 is 9.53 Å². The number of ether oxygens (including phenoxy) is 1. The predicted molar refractivity (Wildman–Crippen MR) is 110 cm³/mol. The van der Waals surface area contributed by atoms with E-state index in [1.807, 2.05) is 42.5 Å². The van der Waals surface area contributed by atoms with Crippen molar-refractivity contribution in [3.05, 3.63) is 64.7 Å². The molecule has 0 aliphatic rings. The van der Waals surface area contributed by atoms with E-state index < -0.39 is 5.91 Å². The van der Waals surface area contributed by atoms with Gasteiger partial charge in [0.1, 0.15) is 17.4 Å². The molecule has 0 saturated carbocycles. The fourth-order valence-electron chi connectivity index (χ4n) is 2.97. The molecule has 4 nitrogen and oxygen atoms in total. The van der Waals surface area contributed by atoms with Crippen LogP contribution in [0.3, 0.4) is 0 Å². The fourth-order valence-corrected chi connectivity index (χ4v) is 2.97. The predicted octanol–water partition coefficient (Wildman–Crippen LogP) is 5.49. The highest BCUT2D eigenvalue weighted by Gasteiger charge is 2.18. The fraction of sp³-hybridized carbons (Fsp3) is 0.304. The largest absolute Gasteiger partial charge is 0.496 e. The normalized spacial score (nSPS) is 11.4. The molecule has 0 aliphatic carbocycles. The molecule has 0 bridgehead atoms. The van der Waals surface area contributed by atoms with E-state index in [0.717, 1.165) is 16.8 Å². The Kier molecular flexibility index (Phi) is 6.79. The second-order valence-electron chi connectivity index (χ2n) is 6.99. The number of benzene rings is 2. The van der Waals surface area contributed by atoms with Crippen LogP contribution in [0.4, 0.5) is 5.69 Å². The van der Waals surface area contributed by atoms with E-state index in [1.165, 1.54) is 0 Å². The Bertz CT molecular complexity index is 863. The molecule has 4 heteroatoms. The zero-order chi connectivity index (χ0) is 20.0. The van der Waals surface area contributed by atoms with Gasteiger partial charge in [-0.25, -0.2) is 0 Å². The van der Waals surface area contributed by atoms with Crippen LogP contribution in [0.2, 0.25) is 0 Å². The minimum absolute atomic E-state index is 0.0350. The number of amides is 1. The van der Waals surface area contributed by atoms with E-state index in [4.69, 9.17) is 4.74 Å². The molecule has 140 valence electrons. The third-order valence-corrected chi connectivity index (χ3v) is 4.42. The molecule has 27 heavy (non-hydrogen) atoms. The lowest BCUT2D eigenvalue weighted by atomic mass is 9.92. The summed E-state index contributed by atoms with van der Waals surface area (Å²) < 4.78 is 5.30. The summed E-state index contributed by atoms with van der Waals surface area (Å²) in [7, 11) is 1.56. The van der Waals surface area contributed by atoms with Gasteiger partial charge < -0.3 is 10.1 Å². The zero-order valence-corrected chi connectivity index (χ0v) is 16.5. The van der Waals surface area contributed by atoms with Gasteiger partial charge in [0.25, 0.3) is 5.91 Å². The molecule has 0 spiro atoms. The lowest BCUT2D eigenvalue weighted by molar-refractivity contribution is -0.112. The van der Waals surface area contributed by atoms with Gasteiger partial charge in [-0.15, -0.1) is 0 Å². The number of carbonyl (C=O) groups is 1. The average molecular weight is 362 g/mol. The minimum Gasteiger partial charge on any atom is -0.496 e. The molecule has 0 heterocycles. The van der Waals surface area contributed by atoms with E-state index in [2.05, 4.69) is 33.0 Å². The smallest absolute Gasteiger partial charge is 0.266 e. The molecule has 0 unspecified atom stereocenters. The van der Waals surface area contributed by atoms with Crippen molar-refractivity contribution in [3.63, 3.8) is 0 Å². The van der Waals surface area contributed by atoms with Crippen LogP contribution in [0.25, 0.3) is 6.08 Å². The van der Waals surface area contributed by atoms with Gasteiger partial charge in [0.05, 0.1) is 7.11 Å². The summed E-state index contributed by atoms with van der Waals surface area (Å²) >= 11 is 0. The second-order valence-corrected chi connectivity index (χ2v) is 6.99. The summed E-state index contributed by atoms with van der Waals surface area (Å²) in [4.78, 5) is 12.9. The number of methoxy groups -OCH3 is 1. The summed E-state index contributed by atoms with van der Waals surface area (Å²) in [6.07, 6.45) is 1.56. The van der Waals surface area contributed by atoms with Crippen molar-refractivity contribution in [1.82, 2.24) is 0 Å². The zero-order valence-electron chi connectivity index (χ0n) is 16.5. The first kappa shape index (κ1) is 20.3. The lowest BCUT2D eigenvalue weighted by Gasteiger charge is -2.20. The van der Waals surface area contributed by atoms with Crippen molar-refractivity contribution in [2.24, 2.45) is 0 Å². The molecule has 1 amide bonds. The summed E-state index contributed by atoms with van der Waals surface area (Å²) in [5.41, 5.74) is 3.64. The number of carbonyl (C=O) groups excluding carboxylic acids is 1. The van der Waals surface area contributed by atoms with E-state index in [0.29, 0.717) is 11.3 Å². The third kappa shape index (κ3) is 4.77. The summed E-state index contributed by atoms with van der Waals surface area (Å²) in [6, 6.07) is 15.3. The lowest BCUT2D eigenvalue weighted by Crippen LogP contribution is -2.17. The van der Waals surface area contributed by atoms with Crippen LogP contribution >= 0.6 is 0 Å². The first-order valence-corrected chi connectivity index (χ1v) is 9.08. The van der Waals surface area contributed by atoms with E-state index in [-0.39, 0.29) is 17.4 Å². The number of hydrogen-bond donors (Lipinski definition) is 1. The maximum Gasteiger partial charge on any atom is 0.266 e. The molecule has 1 N–H and O–H groups in total. The number of anilines is 1. The molecule has 0 radical (unpaired) electrons. The Hall–Kier alpha value is -3.06. The van der Waals surface area contributed by atoms with Crippen molar-refractivity contribution in [3.8, 4) is 11.8 Å². The van der Waals surface area contributed by atoms with Crippen LogP contribution in [0.15, 0.2) is 48.0 Å². The maximum absolute atomic E-state index is 12.9. The monoisotopic (exact) mass is 362 g/mol. The third-order valence-electron chi connectivity index (χ3n) is 4.42. The first-order chi connectivity index (χ1) is 12.9. The van der Waals surface area contributed by atoms with Crippen molar-refractivity contribution in [2.75, 3.05) is 12.4 Å². The SMILES string of the molecule is COc1ccccc1/C=C(\C#N)C(=O)Nc1c(C(C)C)cccc1C(C)C. The highest BCUT2D eigenvalue weighted by Crippen LogP contribution is 2.32. The summed E-state index contributed by atoms with van der Waals surface area (Å²) in [6.45, 7) is 8.35. The Morgan fingerprint density at radius 2 is 1.63 bits per heavy atom. The average Bonchev–Trinajstić information content (AvgIpc) is 2.65. The molecule has 2 aromatic carbocycles. The van der Waals surface area contributed by atoms with E-state index in [1.54, 1.807) is 19.3 Å². The highest BCUT2D eigenvalue weighted by atomic mass is 16.5. The quantitative estimate of drug-likeness (QED) is 0.546. The number of hydrogen-bond acceptors (Lipinski definition) is 3. The van der Waals surface area contributed by atoms with Gasteiger partial charge in [-0.05, 0) is 35.1 Å². The van der Waals surface area contributed by atoms with Crippen LogP contribution in [-0.2, 0) is 4.79 Å². The first-order valence-electron chi connectivity index (χ1n) is 9.08. The Balaban J connectivity index is 2.44. The van der Waals surface area contributed by atoms with Gasteiger partial charge in [0, 0.05) is 11.3 Å². The minimum atomic E-state index is -0.418. The van der Waals surface area contributed by atoms with Crippen molar-refractivity contribution in [2.45, 2.75) is 39.5 Å². The van der Waals surface area contributed by atoms with Crippen LogP contribution in [-0.4, -0.2) is 13.0 Å². The Labute approximate surface area is 161 Å². The van der Waals surface area contributed by atoms with Crippen LogP contribution in [0, 0.1) is 11.3 Å². The number of nitriles is 1. The van der Waals surface area contributed by atoms with E-state index >= 15 is 0 Å². The van der Waals surface area contributed by atoms with Gasteiger partial charge in [-0.3, -0.25) is 4.79 Å². The molecule has 0 saturated heterocycles. The van der Waals surface area contributed by atoms with Gasteiger partial charge in [-0.1, -0.05) is 64.1 Å². The van der Waals surface area contributed by atoms with Gasteiger partial charge in [-0.2, -0.15) is 5.26 Å². The molecule has 0 fully saturated rings. The second kappa shape index (κ2) is 9.05. The van der Waals surface area contributed by atoms with Gasteiger partial charge in [0.15, 0.2) is 0 Å². The molecule has 2 aromatic rings. The van der Waals surface area contributed by atoms with Crippen LogP contribution < -0.4 is 10.1 Å². The Morgan fingerprint density at radius 1 is 1.04 bits per heavy atom. The highest BCUT2D eigenvalue weighted by molar-refractivity contribution is 6.10. The van der Waals surface area contributed by atoms with E-state index in [9.17, 15) is 10.1 Å². The number of nitrogens with zero attached hydrogens (tertiary/aromatic N) is 1. The molecular formula is C23H26N2O2. The molecular weight excluding hydrogens is 336 g/mol. The Morgan fingerprint density at radius 3 is 2.15 bits per heavy atom. The molecule has 0 aliphatic heterocycles. The number of rotatable bonds is 6. The standard InChI is InChI=1S/C23H26N2O2/c1-15(2)19-10-8-11-20(16(3)4)22(19)25-23(26)18(14-24)13-17-9-6-7-12-21(17)27-5/h6-13,15-16H,1-5H3,(H,25,26)/b18-13+. The molecule has 2 rings (SSSR count). The number of nitrogens with one attached hydrogen (secondary N) is 1. The maximum atomic E-state index is 12.9. The van der Waals surface area contributed by atoms with Crippen molar-refractivity contribution in [1.29, 1.82) is 5.26 Å². The van der Waals surface area contributed by atoms with Crippen LogP contribution in [0.1, 0.15) is 56.2 Å². The van der Waals surface area contributed by atoms with Gasteiger partial charge in [0.2, 0.25) is 0 Å². The molecule has 0 atom stereocenters. The summed E-state index contributed by atoms with van der Waals surface area (Å²) in [5, 5.41) is 12.5. The van der Waals surface area contributed by atoms with Crippen LogP contribution in [0.5, 0.6) is 5.75 Å². The number of para-hydroxylation sites is 2. The topological polar surface area (TPSA) is 62.1 Å². The van der Waals surface area contributed by atoms with Crippen molar-refractivity contribution >= 4 is 17.7 Å². The van der Waals surface area contributed by atoms with Gasteiger partial charge >= 0.3 is 0 Å². The summed E-state index contributed by atoms with van der Waals surface area (Å²) in [5.74, 6) is 0.701. The molecule has 0 aromatic heterocycles.